The maximum Gasteiger partial charge on any atom is 0.252 e. The summed E-state index contributed by atoms with van der Waals surface area (Å²) in [6.07, 6.45) is 1.73. The van der Waals surface area contributed by atoms with E-state index in [1.807, 2.05) is 31.4 Å². The standard InChI is InChI=1S/C16H17N3OS/c1-11-13(6-4-8-17)5-3-7-14(11)15(20)19-12(2)16-18-9-10-21-16/h3,5,7,9-10,12H,8,17H2,1-2H3,(H,19,20). The smallest absolute Gasteiger partial charge is 0.252 e. The Morgan fingerprint density at radius 1 is 1.52 bits per heavy atom. The second kappa shape index (κ2) is 7.02. The van der Waals surface area contributed by atoms with Crippen molar-refractivity contribution >= 4 is 17.2 Å². The Balaban J connectivity index is 2.19. The predicted molar refractivity (Wildman–Crippen MR) is 85.1 cm³/mol. The Bertz CT molecular complexity index is 683. The SMILES string of the molecule is Cc1c(C#CCN)cccc1C(=O)NC(C)c1nccs1. The lowest BCUT2D eigenvalue weighted by molar-refractivity contribution is 0.0939. The van der Waals surface area contributed by atoms with Crippen LogP contribution in [0, 0.1) is 18.8 Å². The summed E-state index contributed by atoms with van der Waals surface area (Å²) in [7, 11) is 0. The fourth-order valence-corrected chi connectivity index (χ4v) is 2.59. The fraction of sp³-hybridized carbons (Fsp3) is 0.250. The molecular formula is C16H17N3OS. The lowest BCUT2D eigenvalue weighted by Crippen LogP contribution is -2.27. The molecule has 0 saturated heterocycles. The maximum atomic E-state index is 12.4. The van der Waals surface area contributed by atoms with Crippen molar-refractivity contribution in [2.24, 2.45) is 5.73 Å². The van der Waals surface area contributed by atoms with E-state index in [-0.39, 0.29) is 11.9 Å². The molecule has 3 N–H and O–H groups in total. The van der Waals surface area contributed by atoms with Crippen LogP contribution in [0.2, 0.25) is 0 Å². The van der Waals surface area contributed by atoms with E-state index in [2.05, 4.69) is 22.1 Å². The van der Waals surface area contributed by atoms with Crippen LogP contribution in [0.1, 0.15) is 39.5 Å². The van der Waals surface area contributed by atoms with Crippen LogP contribution in [0.3, 0.4) is 0 Å². The van der Waals surface area contributed by atoms with Gasteiger partial charge < -0.3 is 11.1 Å². The number of nitrogens with zero attached hydrogens (tertiary/aromatic N) is 1. The van der Waals surface area contributed by atoms with Crippen LogP contribution < -0.4 is 11.1 Å². The van der Waals surface area contributed by atoms with Crippen molar-refractivity contribution < 1.29 is 4.79 Å². The number of carbonyl (C=O) groups excluding carboxylic acids is 1. The molecule has 1 atom stereocenters. The number of aromatic nitrogens is 1. The molecule has 0 radical (unpaired) electrons. The predicted octanol–water partition coefficient (Wildman–Crippen LogP) is 2.25. The highest BCUT2D eigenvalue weighted by Crippen LogP contribution is 2.17. The molecule has 21 heavy (non-hydrogen) atoms. The molecule has 108 valence electrons. The van der Waals surface area contributed by atoms with E-state index in [1.165, 1.54) is 11.3 Å². The van der Waals surface area contributed by atoms with Gasteiger partial charge in [-0.05, 0) is 31.5 Å². The molecule has 4 nitrogen and oxygen atoms in total. The van der Waals surface area contributed by atoms with E-state index in [0.29, 0.717) is 12.1 Å². The average molecular weight is 299 g/mol. The number of amides is 1. The molecule has 1 aromatic heterocycles. The molecule has 1 aromatic carbocycles. The molecule has 0 aliphatic rings. The van der Waals surface area contributed by atoms with Crippen LogP contribution in [0.25, 0.3) is 0 Å². The van der Waals surface area contributed by atoms with Gasteiger partial charge in [0.05, 0.1) is 12.6 Å². The van der Waals surface area contributed by atoms with E-state index in [0.717, 1.165) is 16.1 Å². The van der Waals surface area contributed by atoms with Crippen molar-refractivity contribution in [1.82, 2.24) is 10.3 Å². The van der Waals surface area contributed by atoms with Crippen molar-refractivity contribution in [2.75, 3.05) is 6.54 Å². The zero-order valence-corrected chi connectivity index (χ0v) is 12.8. The summed E-state index contributed by atoms with van der Waals surface area (Å²) in [6, 6.07) is 5.40. The third-order valence-electron chi connectivity index (χ3n) is 3.07. The number of rotatable bonds is 3. The Hall–Kier alpha value is -2.16. The summed E-state index contributed by atoms with van der Waals surface area (Å²) in [5, 5.41) is 5.74. The molecule has 1 amide bonds. The van der Waals surface area contributed by atoms with Crippen molar-refractivity contribution in [2.45, 2.75) is 19.9 Å². The third-order valence-corrected chi connectivity index (χ3v) is 4.03. The van der Waals surface area contributed by atoms with Gasteiger partial charge in [-0.1, -0.05) is 17.9 Å². The first-order valence-corrected chi connectivity index (χ1v) is 7.50. The second-order valence-electron chi connectivity index (χ2n) is 4.55. The van der Waals surface area contributed by atoms with Gasteiger partial charge in [-0.3, -0.25) is 4.79 Å². The monoisotopic (exact) mass is 299 g/mol. The van der Waals surface area contributed by atoms with Crippen molar-refractivity contribution in [3.8, 4) is 11.8 Å². The summed E-state index contributed by atoms with van der Waals surface area (Å²) >= 11 is 1.52. The topological polar surface area (TPSA) is 68.0 Å². The zero-order chi connectivity index (χ0) is 15.2. The average Bonchev–Trinajstić information content (AvgIpc) is 3.00. The highest BCUT2D eigenvalue weighted by Gasteiger charge is 2.15. The number of hydrogen-bond acceptors (Lipinski definition) is 4. The van der Waals surface area contributed by atoms with Gasteiger partial charge in [-0.2, -0.15) is 0 Å². The van der Waals surface area contributed by atoms with E-state index < -0.39 is 0 Å². The lowest BCUT2D eigenvalue weighted by atomic mass is 10.0. The molecular weight excluding hydrogens is 282 g/mol. The van der Waals surface area contributed by atoms with Crippen LogP contribution in [-0.4, -0.2) is 17.4 Å². The molecule has 2 rings (SSSR count). The molecule has 0 aliphatic heterocycles. The molecule has 1 unspecified atom stereocenters. The summed E-state index contributed by atoms with van der Waals surface area (Å²) in [4.78, 5) is 16.6. The number of nitrogens with one attached hydrogen (secondary N) is 1. The Labute approximate surface area is 128 Å². The number of nitrogens with two attached hydrogens (primary N) is 1. The molecule has 0 fully saturated rings. The number of benzene rings is 1. The second-order valence-corrected chi connectivity index (χ2v) is 5.48. The maximum absolute atomic E-state index is 12.4. The van der Waals surface area contributed by atoms with Crippen molar-refractivity contribution in [3.63, 3.8) is 0 Å². The highest BCUT2D eigenvalue weighted by atomic mass is 32.1. The normalized spacial score (nSPS) is 11.4. The molecule has 0 saturated carbocycles. The van der Waals surface area contributed by atoms with Crippen LogP contribution in [0.15, 0.2) is 29.8 Å². The Kier molecular flexibility index (Phi) is 5.09. The Morgan fingerprint density at radius 2 is 2.33 bits per heavy atom. The minimum atomic E-state index is -0.119. The van der Waals surface area contributed by atoms with Crippen molar-refractivity contribution in [3.05, 3.63) is 51.5 Å². The quantitative estimate of drug-likeness (QED) is 0.854. The van der Waals surface area contributed by atoms with Gasteiger partial charge in [0.15, 0.2) is 0 Å². The van der Waals surface area contributed by atoms with Gasteiger partial charge in [-0.25, -0.2) is 4.98 Å². The minimum absolute atomic E-state index is 0.115. The fourth-order valence-electron chi connectivity index (χ4n) is 1.95. The van der Waals surface area contributed by atoms with Crippen LogP contribution in [0.4, 0.5) is 0 Å². The van der Waals surface area contributed by atoms with E-state index in [4.69, 9.17) is 5.73 Å². The van der Waals surface area contributed by atoms with Crippen LogP contribution >= 0.6 is 11.3 Å². The third kappa shape index (κ3) is 3.69. The van der Waals surface area contributed by atoms with E-state index in [9.17, 15) is 4.79 Å². The minimum Gasteiger partial charge on any atom is -0.343 e. The summed E-state index contributed by atoms with van der Waals surface area (Å²) < 4.78 is 0. The van der Waals surface area contributed by atoms with Crippen LogP contribution in [-0.2, 0) is 0 Å². The zero-order valence-electron chi connectivity index (χ0n) is 12.0. The number of carbonyl (C=O) groups is 1. The van der Waals surface area contributed by atoms with Gasteiger partial charge in [0.2, 0.25) is 0 Å². The molecule has 1 heterocycles. The van der Waals surface area contributed by atoms with Gasteiger partial charge in [-0.15, -0.1) is 11.3 Å². The van der Waals surface area contributed by atoms with Gasteiger partial charge in [0, 0.05) is 22.7 Å². The van der Waals surface area contributed by atoms with Gasteiger partial charge >= 0.3 is 0 Å². The van der Waals surface area contributed by atoms with E-state index in [1.54, 1.807) is 12.3 Å². The first-order valence-electron chi connectivity index (χ1n) is 6.62. The summed E-state index contributed by atoms with van der Waals surface area (Å²) in [6.45, 7) is 4.12. The molecule has 0 bridgehead atoms. The summed E-state index contributed by atoms with van der Waals surface area (Å²) in [5.41, 5.74) is 7.70. The molecule has 5 heteroatoms. The van der Waals surface area contributed by atoms with Crippen molar-refractivity contribution in [1.29, 1.82) is 0 Å². The molecule has 0 spiro atoms. The summed E-state index contributed by atoms with van der Waals surface area (Å²) in [5.74, 6) is 5.68. The van der Waals surface area contributed by atoms with E-state index >= 15 is 0 Å². The van der Waals surface area contributed by atoms with Gasteiger partial charge in [0.1, 0.15) is 5.01 Å². The first-order chi connectivity index (χ1) is 10.1. The number of hydrogen-bond donors (Lipinski definition) is 2. The lowest BCUT2D eigenvalue weighted by Gasteiger charge is -2.13. The largest absolute Gasteiger partial charge is 0.343 e. The molecule has 0 aliphatic carbocycles. The number of thiazole rings is 1. The highest BCUT2D eigenvalue weighted by molar-refractivity contribution is 7.09. The van der Waals surface area contributed by atoms with Gasteiger partial charge in [0.25, 0.3) is 5.91 Å². The van der Waals surface area contributed by atoms with Crippen LogP contribution in [0.5, 0.6) is 0 Å². The first kappa shape index (κ1) is 15.2. The molecule has 2 aromatic rings. The Morgan fingerprint density at radius 3 is 3.00 bits per heavy atom.